The topological polar surface area (TPSA) is 67.4 Å². The van der Waals surface area contributed by atoms with E-state index in [4.69, 9.17) is 27.9 Å². The Kier molecular flexibility index (Phi) is 7.24. The molecule has 0 aliphatic carbocycles. The minimum Gasteiger partial charge on any atom is -0.484 e. The van der Waals surface area contributed by atoms with Crippen LogP contribution in [0.1, 0.15) is 0 Å². The number of amides is 2. The van der Waals surface area contributed by atoms with Gasteiger partial charge in [0.15, 0.2) is 6.61 Å². The van der Waals surface area contributed by atoms with Gasteiger partial charge in [0.1, 0.15) is 5.75 Å². The first-order chi connectivity index (χ1) is 11.5. The van der Waals surface area contributed by atoms with Crippen LogP contribution in [0.5, 0.6) is 5.75 Å². The van der Waals surface area contributed by atoms with E-state index >= 15 is 0 Å². The zero-order chi connectivity index (χ0) is 17.4. The first kappa shape index (κ1) is 18.4. The molecule has 0 aromatic heterocycles. The van der Waals surface area contributed by atoms with E-state index in [9.17, 15) is 9.59 Å². The first-order valence-corrected chi connectivity index (χ1v) is 8.61. The van der Waals surface area contributed by atoms with E-state index in [1.807, 2.05) is 12.1 Å². The van der Waals surface area contributed by atoms with Crippen molar-refractivity contribution in [3.8, 4) is 5.75 Å². The highest BCUT2D eigenvalue weighted by Gasteiger charge is 2.06. The molecule has 0 saturated heterocycles. The summed E-state index contributed by atoms with van der Waals surface area (Å²) in [5.74, 6) is -0.108. The molecule has 2 amide bonds. The number of ether oxygens (including phenoxy) is 1. The highest BCUT2D eigenvalue weighted by molar-refractivity contribution is 8.00. The van der Waals surface area contributed by atoms with Crippen LogP contribution in [0.15, 0.2) is 53.4 Å². The van der Waals surface area contributed by atoms with Crippen molar-refractivity contribution < 1.29 is 14.3 Å². The number of carbonyl (C=O) groups excluding carboxylic acids is 2. The van der Waals surface area contributed by atoms with Crippen molar-refractivity contribution in [1.82, 2.24) is 10.9 Å². The van der Waals surface area contributed by atoms with Crippen LogP contribution in [-0.4, -0.2) is 24.2 Å². The number of hydrazine groups is 1. The second kappa shape index (κ2) is 9.42. The van der Waals surface area contributed by atoms with Crippen molar-refractivity contribution in [1.29, 1.82) is 0 Å². The second-order valence-corrected chi connectivity index (χ2v) is 6.50. The summed E-state index contributed by atoms with van der Waals surface area (Å²) in [5, 5.41) is 1.22. The fraction of sp³-hybridized carbons (Fsp3) is 0.125. The van der Waals surface area contributed by atoms with Crippen LogP contribution < -0.4 is 15.6 Å². The Morgan fingerprint density at radius 2 is 1.42 bits per heavy atom. The van der Waals surface area contributed by atoms with E-state index in [0.717, 1.165) is 4.90 Å². The van der Waals surface area contributed by atoms with Gasteiger partial charge in [0, 0.05) is 14.9 Å². The predicted molar refractivity (Wildman–Crippen MR) is 95.4 cm³/mol. The number of nitrogens with one attached hydrogen (secondary N) is 2. The van der Waals surface area contributed by atoms with Gasteiger partial charge in [-0.3, -0.25) is 20.4 Å². The van der Waals surface area contributed by atoms with E-state index in [2.05, 4.69) is 10.9 Å². The molecule has 0 radical (unpaired) electrons. The van der Waals surface area contributed by atoms with Crippen molar-refractivity contribution in [2.45, 2.75) is 4.90 Å². The normalized spacial score (nSPS) is 10.1. The summed E-state index contributed by atoms with van der Waals surface area (Å²) in [6.45, 7) is -0.216. The number of rotatable bonds is 6. The van der Waals surface area contributed by atoms with Gasteiger partial charge in [-0.2, -0.15) is 0 Å². The highest BCUT2D eigenvalue weighted by Crippen LogP contribution is 2.19. The maximum Gasteiger partial charge on any atom is 0.276 e. The number of thioether (sulfide) groups is 1. The van der Waals surface area contributed by atoms with Gasteiger partial charge in [0.05, 0.1) is 5.75 Å². The third-order valence-corrected chi connectivity index (χ3v) is 4.22. The van der Waals surface area contributed by atoms with Gasteiger partial charge >= 0.3 is 0 Å². The lowest BCUT2D eigenvalue weighted by molar-refractivity contribution is -0.128. The molecule has 0 fully saturated rings. The molecule has 2 rings (SSSR count). The molecule has 2 aromatic carbocycles. The molecule has 2 aromatic rings. The average molecular weight is 385 g/mol. The van der Waals surface area contributed by atoms with Crippen LogP contribution in [0.4, 0.5) is 0 Å². The van der Waals surface area contributed by atoms with Crippen LogP contribution >= 0.6 is 35.0 Å². The third-order valence-electron chi connectivity index (χ3n) is 2.71. The minimum atomic E-state index is -0.463. The molecule has 0 saturated carbocycles. The Morgan fingerprint density at radius 3 is 2.04 bits per heavy atom. The zero-order valence-electron chi connectivity index (χ0n) is 12.4. The number of hydrogen-bond donors (Lipinski definition) is 2. The maximum absolute atomic E-state index is 11.7. The first-order valence-electron chi connectivity index (χ1n) is 6.87. The molecule has 0 aliphatic heterocycles. The summed E-state index contributed by atoms with van der Waals surface area (Å²) < 4.78 is 5.26. The van der Waals surface area contributed by atoms with Crippen LogP contribution in [0.25, 0.3) is 0 Å². The maximum atomic E-state index is 11.7. The zero-order valence-corrected chi connectivity index (χ0v) is 14.8. The summed E-state index contributed by atoms with van der Waals surface area (Å²) >= 11 is 12.9. The summed E-state index contributed by atoms with van der Waals surface area (Å²) in [5.41, 5.74) is 4.61. The highest BCUT2D eigenvalue weighted by atomic mass is 35.5. The van der Waals surface area contributed by atoms with Crippen molar-refractivity contribution in [2.24, 2.45) is 0 Å². The van der Waals surface area contributed by atoms with Gasteiger partial charge in [-0.05, 0) is 48.5 Å². The van der Waals surface area contributed by atoms with E-state index in [1.165, 1.54) is 11.8 Å². The molecule has 0 aliphatic rings. The molecule has 126 valence electrons. The molecule has 0 unspecified atom stereocenters. The summed E-state index contributed by atoms with van der Waals surface area (Å²) in [4.78, 5) is 24.2. The fourth-order valence-electron chi connectivity index (χ4n) is 1.57. The molecule has 0 bridgehead atoms. The Balaban J connectivity index is 1.64. The number of carbonyl (C=O) groups is 2. The molecule has 5 nitrogen and oxygen atoms in total. The summed E-state index contributed by atoms with van der Waals surface area (Å²) in [6.07, 6.45) is 0. The third kappa shape index (κ3) is 6.70. The molecule has 0 atom stereocenters. The van der Waals surface area contributed by atoms with Gasteiger partial charge < -0.3 is 4.74 Å². The van der Waals surface area contributed by atoms with E-state index < -0.39 is 5.91 Å². The van der Waals surface area contributed by atoms with Crippen LogP contribution in [0.3, 0.4) is 0 Å². The van der Waals surface area contributed by atoms with Crippen LogP contribution in [0.2, 0.25) is 10.0 Å². The summed E-state index contributed by atoms with van der Waals surface area (Å²) in [6, 6.07) is 13.7. The van der Waals surface area contributed by atoms with Gasteiger partial charge in [-0.25, -0.2) is 0 Å². The Bertz CT molecular complexity index is 632. The predicted octanol–water partition coefficient (Wildman–Crippen LogP) is 3.31. The molecule has 0 spiro atoms. The fourth-order valence-corrected chi connectivity index (χ4v) is 2.52. The van der Waals surface area contributed by atoms with Crippen LogP contribution in [-0.2, 0) is 9.59 Å². The molecule has 2 N–H and O–H groups in total. The minimum absolute atomic E-state index is 0.167. The quantitative estimate of drug-likeness (QED) is 0.592. The van der Waals surface area contributed by atoms with E-state index in [-0.39, 0.29) is 18.3 Å². The van der Waals surface area contributed by atoms with Crippen molar-refractivity contribution >= 4 is 46.8 Å². The monoisotopic (exact) mass is 384 g/mol. The standard InChI is InChI=1S/C16H14Cl2N2O3S/c17-11-1-5-13(6-2-11)23-9-15(21)19-20-16(22)10-24-14-7-3-12(18)4-8-14/h1-8H,9-10H2,(H,19,21)(H,20,22). The average Bonchev–Trinajstić information content (AvgIpc) is 2.59. The second-order valence-electron chi connectivity index (χ2n) is 4.58. The van der Waals surface area contributed by atoms with Crippen molar-refractivity contribution in [3.05, 3.63) is 58.6 Å². The lowest BCUT2D eigenvalue weighted by Gasteiger charge is -2.09. The Hall–Kier alpha value is -1.89. The van der Waals surface area contributed by atoms with Gasteiger partial charge in [-0.1, -0.05) is 23.2 Å². The van der Waals surface area contributed by atoms with E-state index in [1.54, 1.807) is 36.4 Å². The molecule has 24 heavy (non-hydrogen) atoms. The summed E-state index contributed by atoms with van der Waals surface area (Å²) in [7, 11) is 0. The van der Waals surface area contributed by atoms with Gasteiger partial charge in [0.25, 0.3) is 5.91 Å². The molecular formula is C16H14Cl2N2O3S. The van der Waals surface area contributed by atoms with Crippen molar-refractivity contribution in [3.63, 3.8) is 0 Å². The van der Waals surface area contributed by atoms with E-state index in [0.29, 0.717) is 15.8 Å². The van der Waals surface area contributed by atoms with Crippen LogP contribution in [0, 0.1) is 0 Å². The number of hydrogen-bond acceptors (Lipinski definition) is 4. The lowest BCUT2D eigenvalue weighted by Crippen LogP contribution is -2.44. The largest absolute Gasteiger partial charge is 0.484 e. The Morgan fingerprint density at radius 1 is 0.875 bits per heavy atom. The van der Waals surface area contributed by atoms with Crippen molar-refractivity contribution in [2.75, 3.05) is 12.4 Å². The molecule has 8 heteroatoms. The lowest BCUT2D eigenvalue weighted by atomic mass is 10.3. The van der Waals surface area contributed by atoms with Gasteiger partial charge in [-0.15, -0.1) is 11.8 Å². The number of halogens is 2. The molecule has 0 heterocycles. The van der Waals surface area contributed by atoms with Gasteiger partial charge in [0.2, 0.25) is 5.91 Å². The molecular weight excluding hydrogens is 371 g/mol. The Labute approximate surface area is 153 Å². The number of benzene rings is 2. The smallest absolute Gasteiger partial charge is 0.276 e. The SMILES string of the molecule is O=C(COc1ccc(Cl)cc1)NNC(=O)CSc1ccc(Cl)cc1.